The highest BCUT2D eigenvalue weighted by Crippen LogP contribution is 2.28. The molecular weight excluding hydrogens is 280 g/mol. The van der Waals surface area contributed by atoms with Crippen molar-refractivity contribution in [3.05, 3.63) is 60.2 Å². The van der Waals surface area contributed by atoms with E-state index in [1.54, 1.807) is 11.8 Å². The first-order chi connectivity index (χ1) is 10.3. The van der Waals surface area contributed by atoms with Crippen LogP contribution in [0.1, 0.15) is 10.4 Å². The van der Waals surface area contributed by atoms with Crippen molar-refractivity contribution < 1.29 is 4.79 Å². The van der Waals surface area contributed by atoms with Crippen LogP contribution >= 0.6 is 11.8 Å². The van der Waals surface area contributed by atoms with Crippen LogP contribution in [0.3, 0.4) is 0 Å². The van der Waals surface area contributed by atoms with Crippen molar-refractivity contribution in [1.29, 1.82) is 0 Å². The van der Waals surface area contributed by atoms with Crippen LogP contribution in [0.5, 0.6) is 0 Å². The Morgan fingerprint density at radius 2 is 1.86 bits per heavy atom. The predicted molar refractivity (Wildman–Crippen MR) is 88.2 cm³/mol. The number of rotatable bonds is 3. The number of carbonyl (C=O) groups is 1. The quantitative estimate of drug-likeness (QED) is 0.948. The highest BCUT2D eigenvalue weighted by Gasteiger charge is 2.29. The Morgan fingerprint density at radius 3 is 2.62 bits per heavy atom. The van der Waals surface area contributed by atoms with Crippen LogP contribution in [-0.2, 0) is 0 Å². The second kappa shape index (κ2) is 6.33. The van der Waals surface area contributed by atoms with Gasteiger partial charge in [0, 0.05) is 17.9 Å². The fourth-order valence-electron chi connectivity index (χ4n) is 2.60. The first-order valence-corrected chi connectivity index (χ1v) is 8.20. The molecule has 1 fully saturated rings. The summed E-state index contributed by atoms with van der Waals surface area (Å²) < 4.78 is 0. The molecule has 0 aromatic heterocycles. The van der Waals surface area contributed by atoms with Gasteiger partial charge in [-0.15, -0.1) is 11.8 Å². The van der Waals surface area contributed by atoms with E-state index in [1.165, 1.54) is 0 Å². The molecule has 1 amide bonds. The molecule has 0 aliphatic carbocycles. The molecular formula is C17H18N2OS. The lowest BCUT2D eigenvalue weighted by Gasteiger charge is -2.23. The Kier molecular flexibility index (Phi) is 4.27. The summed E-state index contributed by atoms with van der Waals surface area (Å²) >= 11 is 1.76. The molecule has 1 saturated heterocycles. The first-order valence-electron chi connectivity index (χ1n) is 7.04. The van der Waals surface area contributed by atoms with Gasteiger partial charge in [-0.05, 0) is 17.2 Å². The average molecular weight is 298 g/mol. The molecule has 1 heterocycles. The third-order valence-corrected chi connectivity index (χ3v) is 4.84. The number of carbonyl (C=O) groups excluding carboxylic acids is 1. The van der Waals surface area contributed by atoms with Crippen LogP contribution < -0.4 is 5.73 Å². The highest BCUT2D eigenvalue weighted by molar-refractivity contribution is 7.99. The van der Waals surface area contributed by atoms with E-state index in [0.29, 0.717) is 6.54 Å². The smallest absolute Gasteiger partial charge is 0.255 e. The van der Waals surface area contributed by atoms with Gasteiger partial charge < -0.3 is 10.6 Å². The maximum atomic E-state index is 12.9. The normalized spacial score (nSPS) is 18.0. The maximum Gasteiger partial charge on any atom is 0.255 e. The van der Waals surface area contributed by atoms with Crippen molar-refractivity contribution in [2.45, 2.75) is 6.04 Å². The Hall–Kier alpha value is -1.78. The zero-order valence-corrected chi connectivity index (χ0v) is 12.6. The molecule has 1 aliphatic heterocycles. The summed E-state index contributed by atoms with van der Waals surface area (Å²) in [6.07, 6.45) is 0. The number of benzene rings is 2. The molecule has 0 spiro atoms. The molecule has 1 aliphatic rings. The zero-order valence-electron chi connectivity index (χ0n) is 11.7. The van der Waals surface area contributed by atoms with Gasteiger partial charge in [-0.2, -0.15) is 0 Å². The van der Waals surface area contributed by atoms with E-state index >= 15 is 0 Å². The Labute approximate surface area is 129 Å². The molecule has 0 unspecified atom stereocenters. The third-order valence-electron chi connectivity index (χ3n) is 3.76. The monoisotopic (exact) mass is 298 g/mol. The van der Waals surface area contributed by atoms with Crippen LogP contribution in [0.2, 0.25) is 0 Å². The minimum Gasteiger partial charge on any atom is -0.328 e. The summed E-state index contributed by atoms with van der Waals surface area (Å²) in [4.78, 5) is 14.8. The lowest BCUT2D eigenvalue weighted by Crippen LogP contribution is -2.41. The molecule has 3 rings (SSSR count). The van der Waals surface area contributed by atoms with Gasteiger partial charge in [-0.1, -0.05) is 48.5 Å². The van der Waals surface area contributed by atoms with Crippen LogP contribution in [0.15, 0.2) is 54.6 Å². The first kappa shape index (κ1) is 14.2. The van der Waals surface area contributed by atoms with Crippen molar-refractivity contribution in [2.75, 3.05) is 18.2 Å². The molecule has 1 atom stereocenters. The maximum absolute atomic E-state index is 12.9. The van der Waals surface area contributed by atoms with Crippen molar-refractivity contribution in [3.63, 3.8) is 0 Å². The van der Waals surface area contributed by atoms with Gasteiger partial charge in [-0.25, -0.2) is 0 Å². The Morgan fingerprint density at radius 1 is 1.14 bits per heavy atom. The van der Waals surface area contributed by atoms with E-state index in [2.05, 4.69) is 0 Å². The number of hydrogen-bond acceptors (Lipinski definition) is 3. The van der Waals surface area contributed by atoms with E-state index in [1.807, 2.05) is 59.5 Å². The second-order valence-electron chi connectivity index (χ2n) is 5.08. The van der Waals surface area contributed by atoms with Crippen LogP contribution in [0.4, 0.5) is 0 Å². The van der Waals surface area contributed by atoms with Crippen molar-refractivity contribution in [2.24, 2.45) is 5.73 Å². The van der Waals surface area contributed by atoms with Gasteiger partial charge in [-0.3, -0.25) is 4.79 Å². The number of nitrogens with two attached hydrogens (primary N) is 1. The molecule has 3 nitrogen and oxygen atoms in total. The number of amides is 1. The third kappa shape index (κ3) is 2.82. The molecule has 2 aromatic carbocycles. The van der Waals surface area contributed by atoms with Crippen molar-refractivity contribution >= 4 is 17.7 Å². The van der Waals surface area contributed by atoms with Crippen LogP contribution in [-0.4, -0.2) is 35.0 Å². The van der Waals surface area contributed by atoms with Gasteiger partial charge in [0.05, 0.1) is 11.9 Å². The summed E-state index contributed by atoms with van der Waals surface area (Å²) in [6.45, 7) is 0.520. The molecule has 21 heavy (non-hydrogen) atoms. The van der Waals surface area contributed by atoms with Gasteiger partial charge >= 0.3 is 0 Å². The summed E-state index contributed by atoms with van der Waals surface area (Å²) in [6, 6.07) is 18.0. The van der Waals surface area contributed by atoms with E-state index in [0.717, 1.165) is 28.3 Å². The second-order valence-corrected chi connectivity index (χ2v) is 6.08. The molecule has 0 radical (unpaired) electrons. The highest BCUT2D eigenvalue weighted by atomic mass is 32.2. The minimum atomic E-state index is 0.0786. The lowest BCUT2D eigenvalue weighted by molar-refractivity contribution is 0.0753. The van der Waals surface area contributed by atoms with Gasteiger partial charge in [0.15, 0.2) is 0 Å². The number of nitrogens with zero attached hydrogens (tertiary/aromatic N) is 1. The number of hydrogen-bond donors (Lipinski definition) is 1. The molecule has 2 N–H and O–H groups in total. The van der Waals surface area contributed by atoms with E-state index in [-0.39, 0.29) is 11.9 Å². The zero-order chi connectivity index (χ0) is 14.7. The SMILES string of the molecule is NC[C@@H]1CSCN1C(=O)c1ccccc1-c1ccccc1. The fourth-order valence-corrected chi connectivity index (χ4v) is 3.81. The Balaban J connectivity index is 1.98. The van der Waals surface area contributed by atoms with Gasteiger partial charge in [0.2, 0.25) is 0 Å². The van der Waals surface area contributed by atoms with Gasteiger partial charge in [0.1, 0.15) is 0 Å². The molecule has 0 bridgehead atoms. The molecule has 0 saturated carbocycles. The lowest BCUT2D eigenvalue weighted by atomic mass is 9.98. The molecule has 4 heteroatoms. The van der Waals surface area contributed by atoms with Crippen molar-refractivity contribution in [1.82, 2.24) is 4.90 Å². The van der Waals surface area contributed by atoms with Crippen LogP contribution in [0, 0.1) is 0 Å². The summed E-state index contributed by atoms with van der Waals surface area (Å²) in [5, 5.41) is 0. The predicted octanol–water partition coefficient (Wildman–Crippen LogP) is 2.83. The fraction of sp³-hybridized carbons (Fsp3) is 0.235. The van der Waals surface area contributed by atoms with Crippen LogP contribution in [0.25, 0.3) is 11.1 Å². The summed E-state index contributed by atoms with van der Waals surface area (Å²) in [5.74, 6) is 1.73. The average Bonchev–Trinajstić information content (AvgIpc) is 3.03. The van der Waals surface area contributed by atoms with Crippen molar-refractivity contribution in [3.8, 4) is 11.1 Å². The van der Waals surface area contributed by atoms with E-state index in [9.17, 15) is 4.79 Å². The van der Waals surface area contributed by atoms with Gasteiger partial charge in [0.25, 0.3) is 5.91 Å². The molecule has 2 aromatic rings. The standard InChI is InChI=1S/C17H18N2OS/c18-10-14-11-21-12-19(14)17(20)16-9-5-4-8-15(16)13-6-2-1-3-7-13/h1-9,14H,10-12,18H2/t14-/m1/s1. The molecule has 108 valence electrons. The Bertz CT molecular complexity index is 630. The topological polar surface area (TPSA) is 46.3 Å². The minimum absolute atomic E-state index is 0.0786. The summed E-state index contributed by atoms with van der Waals surface area (Å²) in [7, 11) is 0. The van der Waals surface area contributed by atoms with E-state index < -0.39 is 0 Å². The van der Waals surface area contributed by atoms with E-state index in [4.69, 9.17) is 5.73 Å². The largest absolute Gasteiger partial charge is 0.328 e. The number of thioether (sulfide) groups is 1. The summed E-state index contributed by atoms with van der Waals surface area (Å²) in [5.41, 5.74) is 8.59.